The molecule has 1 aromatic rings. The molecule has 1 aliphatic heterocycles. The molecule has 0 bridgehead atoms. The normalized spacial score (nSPS) is 20.1. The molecule has 2 heterocycles. The molecule has 114 valence electrons. The van der Waals surface area contributed by atoms with Crippen LogP contribution in [0.5, 0.6) is 0 Å². The standard InChI is InChI=1S/C15H20N2O3S/c1-10-8-13(21-12(10)4-5-14(18)19)15(20)17-7-6-16(3)11(2)9-17/h4-5,8,11H,6-7,9H2,1-3H3,(H,18,19)/b5-4+. The summed E-state index contributed by atoms with van der Waals surface area (Å²) in [5.41, 5.74) is 0.933. The van der Waals surface area contributed by atoms with Crippen molar-refractivity contribution in [3.63, 3.8) is 0 Å². The van der Waals surface area contributed by atoms with E-state index in [2.05, 4.69) is 18.9 Å². The Balaban J connectivity index is 2.13. The van der Waals surface area contributed by atoms with Gasteiger partial charge in [0.25, 0.3) is 5.91 Å². The van der Waals surface area contributed by atoms with E-state index in [1.807, 2.05) is 17.9 Å². The summed E-state index contributed by atoms with van der Waals surface area (Å²) in [5.74, 6) is -0.943. The van der Waals surface area contributed by atoms with Crippen molar-refractivity contribution in [1.29, 1.82) is 0 Å². The topological polar surface area (TPSA) is 60.9 Å². The highest BCUT2D eigenvalue weighted by molar-refractivity contribution is 7.15. The maximum absolute atomic E-state index is 12.5. The van der Waals surface area contributed by atoms with Gasteiger partial charge in [-0.2, -0.15) is 0 Å². The van der Waals surface area contributed by atoms with E-state index in [1.165, 1.54) is 11.3 Å². The SMILES string of the molecule is Cc1cc(C(=O)N2CCN(C)C(C)C2)sc1/C=C/C(=O)O. The first-order valence-corrected chi connectivity index (χ1v) is 7.71. The number of thiophene rings is 1. The zero-order valence-corrected chi connectivity index (χ0v) is 13.3. The zero-order chi connectivity index (χ0) is 15.6. The van der Waals surface area contributed by atoms with Crippen LogP contribution in [0.1, 0.15) is 27.0 Å². The molecular formula is C15H20N2O3S. The predicted molar refractivity (Wildman–Crippen MR) is 83.7 cm³/mol. The molecule has 1 saturated heterocycles. The van der Waals surface area contributed by atoms with Crippen molar-refractivity contribution in [2.24, 2.45) is 0 Å². The molecule has 1 N–H and O–H groups in total. The van der Waals surface area contributed by atoms with Crippen LogP contribution in [0.15, 0.2) is 12.1 Å². The Labute approximate surface area is 128 Å². The second-order valence-electron chi connectivity index (χ2n) is 5.41. The van der Waals surface area contributed by atoms with Crippen LogP contribution in [0.4, 0.5) is 0 Å². The molecule has 0 spiro atoms. The van der Waals surface area contributed by atoms with Crippen molar-refractivity contribution in [1.82, 2.24) is 9.80 Å². The maximum Gasteiger partial charge on any atom is 0.328 e. The number of aliphatic carboxylic acids is 1. The van der Waals surface area contributed by atoms with Crippen molar-refractivity contribution in [2.75, 3.05) is 26.7 Å². The van der Waals surface area contributed by atoms with Gasteiger partial charge in [0.05, 0.1) is 4.88 Å². The second-order valence-corrected chi connectivity index (χ2v) is 6.49. The number of aryl methyl sites for hydroxylation is 1. The molecule has 1 amide bonds. The van der Waals surface area contributed by atoms with Gasteiger partial charge in [-0.25, -0.2) is 4.79 Å². The van der Waals surface area contributed by atoms with Gasteiger partial charge >= 0.3 is 5.97 Å². The number of carbonyl (C=O) groups is 2. The average Bonchev–Trinajstić information content (AvgIpc) is 2.80. The zero-order valence-electron chi connectivity index (χ0n) is 12.5. The van der Waals surface area contributed by atoms with E-state index in [9.17, 15) is 9.59 Å². The quantitative estimate of drug-likeness (QED) is 0.867. The first-order valence-electron chi connectivity index (χ1n) is 6.89. The molecule has 1 fully saturated rings. The fourth-order valence-electron chi connectivity index (χ4n) is 2.30. The largest absolute Gasteiger partial charge is 0.478 e. The lowest BCUT2D eigenvalue weighted by Gasteiger charge is -2.37. The van der Waals surface area contributed by atoms with Crippen LogP contribution in [0.25, 0.3) is 6.08 Å². The number of amides is 1. The summed E-state index contributed by atoms with van der Waals surface area (Å²) in [6.07, 6.45) is 2.65. The van der Waals surface area contributed by atoms with Crippen molar-refractivity contribution in [2.45, 2.75) is 19.9 Å². The molecule has 2 rings (SSSR count). The number of carboxylic acids is 1. The van der Waals surface area contributed by atoms with Gasteiger partial charge in [0.2, 0.25) is 0 Å². The molecule has 1 aromatic heterocycles. The Morgan fingerprint density at radius 3 is 2.76 bits per heavy atom. The van der Waals surface area contributed by atoms with Crippen LogP contribution in [0.2, 0.25) is 0 Å². The molecule has 0 saturated carbocycles. The number of carboxylic acid groups (broad SMARTS) is 1. The molecular weight excluding hydrogens is 288 g/mol. The number of carbonyl (C=O) groups excluding carboxylic acids is 1. The van der Waals surface area contributed by atoms with Crippen molar-refractivity contribution < 1.29 is 14.7 Å². The molecule has 1 aliphatic rings. The lowest BCUT2D eigenvalue weighted by Crippen LogP contribution is -2.51. The Bertz CT molecular complexity index is 579. The number of hydrogen-bond acceptors (Lipinski definition) is 4. The second kappa shape index (κ2) is 6.41. The summed E-state index contributed by atoms with van der Waals surface area (Å²) in [7, 11) is 2.07. The van der Waals surface area contributed by atoms with E-state index in [4.69, 9.17) is 5.11 Å². The highest BCUT2D eigenvalue weighted by atomic mass is 32.1. The van der Waals surface area contributed by atoms with Crippen LogP contribution >= 0.6 is 11.3 Å². The molecule has 6 heteroatoms. The van der Waals surface area contributed by atoms with E-state index >= 15 is 0 Å². The van der Waals surface area contributed by atoms with Crippen LogP contribution < -0.4 is 0 Å². The Hall–Kier alpha value is -1.66. The fraction of sp³-hybridized carbons (Fsp3) is 0.467. The summed E-state index contributed by atoms with van der Waals surface area (Å²) in [6.45, 7) is 6.34. The highest BCUT2D eigenvalue weighted by Gasteiger charge is 2.26. The average molecular weight is 308 g/mol. The number of piperazine rings is 1. The molecule has 0 aliphatic carbocycles. The summed E-state index contributed by atoms with van der Waals surface area (Å²) in [6, 6.07) is 2.20. The maximum atomic E-state index is 12.5. The third-order valence-corrected chi connectivity index (χ3v) is 4.98. The van der Waals surface area contributed by atoms with Gasteiger partial charge in [-0.05, 0) is 38.6 Å². The smallest absolute Gasteiger partial charge is 0.328 e. The molecule has 1 atom stereocenters. The summed E-state index contributed by atoms with van der Waals surface area (Å²) in [4.78, 5) is 28.7. The van der Waals surface area contributed by atoms with Gasteiger partial charge in [0.1, 0.15) is 0 Å². The van der Waals surface area contributed by atoms with Crippen LogP contribution in [0.3, 0.4) is 0 Å². The van der Waals surface area contributed by atoms with E-state index in [0.29, 0.717) is 10.9 Å². The van der Waals surface area contributed by atoms with E-state index in [-0.39, 0.29) is 5.91 Å². The van der Waals surface area contributed by atoms with Gasteiger partial charge in [-0.1, -0.05) is 0 Å². The summed E-state index contributed by atoms with van der Waals surface area (Å²) >= 11 is 1.35. The number of hydrogen-bond donors (Lipinski definition) is 1. The lowest BCUT2D eigenvalue weighted by atomic mass is 10.2. The van der Waals surface area contributed by atoms with Crippen molar-refractivity contribution in [3.8, 4) is 0 Å². The van der Waals surface area contributed by atoms with E-state index in [0.717, 1.165) is 36.2 Å². The van der Waals surface area contributed by atoms with Crippen molar-refractivity contribution >= 4 is 29.3 Å². The van der Waals surface area contributed by atoms with E-state index in [1.54, 1.807) is 6.08 Å². The summed E-state index contributed by atoms with van der Waals surface area (Å²) in [5, 5.41) is 8.68. The minimum absolute atomic E-state index is 0.0398. The molecule has 21 heavy (non-hydrogen) atoms. The molecule has 0 radical (unpaired) electrons. The van der Waals surface area contributed by atoms with Gasteiger partial charge in [-0.3, -0.25) is 4.79 Å². The third-order valence-electron chi connectivity index (χ3n) is 3.79. The monoisotopic (exact) mass is 308 g/mol. The van der Waals surface area contributed by atoms with Crippen LogP contribution in [-0.4, -0.2) is 59.5 Å². The predicted octanol–water partition coefficient (Wildman–Crippen LogP) is 1.93. The lowest BCUT2D eigenvalue weighted by molar-refractivity contribution is -0.131. The van der Waals surface area contributed by atoms with Crippen LogP contribution in [0, 0.1) is 6.92 Å². The first-order chi connectivity index (χ1) is 9.88. The van der Waals surface area contributed by atoms with E-state index < -0.39 is 5.97 Å². The Morgan fingerprint density at radius 1 is 1.43 bits per heavy atom. The van der Waals surface area contributed by atoms with Gasteiger partial charge in [0, 0.05) is 36.6 Å². The first kappa shape index (κ1) is 15.7. The highest BCUT2D eigenvalue weighted by Crippen LogP contribution is 2.25. The number of rotatable bonds is 3. The number of likely N-dealkylation sites (N-methyl/N-ethyl adjacent to an activating group) is 1. The molecule has 5 nitrogen and oxygen atoms in total. The van der Waals surface area contributed by atoms with Crippen molar-refractivity contribution in [3.05, 3.63) is 27.5 Å². The minimum Gasteiger partial charge on any atom is -0.478 e. The third kappa shape index (κ3) is 3.71. The van der Waals surface area contributed by atoms with Gasteiger partial charge < -0.3 is 14.9 Å². The molecule has 1 unspecified atom stereocenters. The Kier molecular flexibility index (Phi) is 4.80. The molecule has 0 aromatic carbocycles. The summed E-state index contributed by atoms with van der Waals surface area (Å²) < 4.78 is 0. The van der Waals surface area contributed by atoms with Gasteiger partial charge in [0.15, 0.2) is 0 Å². The van der Waals surface area contributed by atoms with Gasteiger partial charge in [-0.15, -0.1) is 11.3 Å². The number of nitrogens with zero attached hydrogens (tertiary/aromatic N) is 2. The fourth-order valence-corrected chi connectivity index (χ4v) is 3.35. The Morgan fingerprint density at radius 2 is 2.14 bits per heavy atom. The van der Waals surface area contributed by atoms with Crippen LogP contribution in [-0.2, 0) is 4.79 Å². The minimum atomic E-state index is -0.983.